The largest absolute Gasteiger partial charge is 0.329 e. The molecule has 1 aromatic carbocycles. The lowest BCUT2D eigenvalue weighted by Gasteiger charge is -2.14. The van der Waals surface area contributed by atoms with Crippen molar-refractivity contribution in [3.05, 3.63) is 55.3 Å². The smallest absolute Gasteiger partial charge is 0.297 e. The van der Waals surface area contributed by atoms with Gasteiger partial charge in [-0.1, -0.05) is 42.3 Å². The Kier molecular flexibility index (Phi) is 4.35. The van der Waals surface area contributed by atoms with Crippen LogP contribution in [-0.2, 0) is 0 Å². The van der Waals surface area contributed by atoms with Gasteiger partial charge >= 0.3 is 5.69 Å². The summed E-state index contributed by atoms with van der Waals surface area (Å²) in [4.78, 5) is 26.9. The number of hydrogen-bond donors (Lipinski definition) is 1. The molecule has 1 unspecified atom stereocenters. The Morgan fingerprint density at radius 3 is 2.35 bits per heavy atom. The van der Waals surface area contributed by atoms with Crippen molar-refractivity contribution in [1.29, 1.82) is 0 Å². The van der Waals surface area contributed by atoms with Gasteiger partial charge in [0.1, 0.15) is 5.15 Å². The molecule has 0 aliphatic rings. The highest BCUT2D eigenvalue weighted by molar-refractivity contribution is 6.32. The van der Waals surface area contributed by atoms with Gasteiger partial charge in [-0.05, 0) is 31.0 Å². The quantitative estimate of drug-likeness (QED) is 0.882. The fourth-order valence-electron chi connectivity index (χ4n) is 1.97. The molecule has 0 bridgehead atoms. The molecule has 0 saturated carbocycles. The van der Waals surface area contributed by atoms with Crippen molar-refractivity contribution in [2.45, 2.75) is 26.3 Å². The number of H-pyrrole nitrogens is 1. The zero-order valence-electron chi connectivity index (χ0n) is 11.1. The zero-order valence-corrected chi connectivity index (χ0v) is 12.6. The molecule has 0 amide bonds. The van der Waals surface area contributed by atoms with E-state index in [0.717, 1.165) is 0 Å². The van der Waals surface area contributed by atoms with Crippen LogP contribution in [0.3, 0.4) is 0 Å². The zero-order chi connectivity index (χ0) is 14.9. The molecule has 20 heavy (non-hydrogen) atoms. The van der Waals surface area contributed by atoms with Gasteiger partial charge in [-0.15, -0.1) is 0 Å². The van der Waals surface area contributed by atoms with Gasteiger partial charge in [0, 0.05) is 11.1 Å². The fraction of sp³-hybridized carbons (Fsp3) is 0.286. The summed E-state index contributed by atoms with van der Waals surface area (Å²) in [7, 11) is 0. The normalized spacial score (nSPS) is 12.4. The molecule has 1 aromatic heterocycles. The van der Waals surface area contributed by atoms with E-state index in [1.54, 1.807) is 24.3 Å². The van der Waals surface area contributed by atoms with Gasteiger partial charge in [-0.3, -0.25) is 14.3 Å². The van der Waals surface area contributed by atoms with Crippen LogP contribution in [0.2, 0.25) is 10.2 Å². The van der Waals surface area contributed by atoms with Gasteiger partial charge in [0.2, 0.25) is 0 Å². The molecule has 2 aromatic rings. The van der Waals surface area contributed by atoms with E-state index in [1.807, 2.05) is 13.8 Å². The first-order valence-corrected chi connectivity index (χ1v) is 7.01. The first-order chi connectivity index (χ1) is 9.45. The minimum absolute atomic E-state index is 0.0434. The number of nitrogens with one attached hydrogen (secondary N) is 1. The van der Waals surface area contributed by atoms with Crippen LogP contribution in [0.25, 0.3) is 11.1 Å². The summed E-state index contributed by atoms with van der Waals surface area (Å²) < 4.78 is 1.19. The Bertz CT molecular complexity index is 732. The highest BCUT2D eigenvalue weighted by Crippen LogP contribution is 2.23. The van der Waals surface area contributed by atoms with Crippen LogP contribution in [0.4, 0.5) is 0 Å². The van der Waals surface area contributed by atoms with E-state index >= 15 is 0 Å². The summed E-state index contributed by atoms with van der Waals surface area (Å²) in [5, 5.41) is 0.610. The maximum absolute atomic E-state index is 12.5. The molecule has 0 fully saturated rings. The third-order valence-electron chi connectivity index (χ3n) is 3.25. The summed E-state index contributed by atoms with van der Waals surface area (Å²) in [6, 6.07) is 6.54. The Morgan fingerprint density at radius 1 is 1.20 bits per heavy atom. The molecular formula is C14H14Cl2N2O2. The first-order valence-electron chi connectivity index (χ1n) is 6.26. The number of aromatic nitrogens is 2. The molecular weight excluding hydrogens is 299 g/mol. The summed E-state index contributed by atoms with van der Waals surface area (Å²) >= 11 is 11.9. The van der Waals surface area contributed by atoms with Crippen LogP contribution < -0.4 is 11.2 Å². The predicted molar refractivity (Wildman–Crippen MR) is 81.8 cm³/mol. The van der Waals surface area contributed by atoms with E-state index in [4.69, 9.17) is 23.2 Å². The van der Waals surface area contributed by atoms with Crippen LogP contribution in [0.15, 0.2) is 33.9 Å². The average Bonchev–Trinajstić information content (AvgIpc) is 2.40. The maximum atomic E-state index is 12.5. The summed E-state index contributed by atoms with van der Waals surface area (Å²) in [5.74, 6) is 0. The van der Waals surface area contributed by atoms with Crippen LogP contribution in [-0.4, -0.2) is 9.55 Å². The number of aromatic amines is 1. The Balaban J connectivity index is 2.74. The van der Waals surface area contributed by atoms with Crippen LogP contribution in [0.5, 0.6) is 0 Å². The number of rotatable bonds is 3. The van der Waals surface area contributed by atoms with Gasteiger partial charge in [-0.25, -0.2) is 4.79 Å². The molecule has 0 aliphatic carbocycles. The highest BCUT2D eigenvalue weighted by atomic mass is 35.5. The van der Waals surface area contributed by atoms with Crippen molar-refractivity contribution in [2.75, 3.05) is 0 Å². The molecule has 4 nitrogen and oxygen atoms in total. The van der Waals surface area contributed by atoms with Gasteiger partial charge < -0.3 is 0 Å². The molecule has 1 heterocycles. The Hall–Kier alpha value is -1.52. The minimum atomic E-state index is -0.493. The van der Waals surface area contributed by atoms with E-state index < -0.39 is 11.2 Å². The molecule has 1 N–H and O–H groups in total. The van der Waals surface area contributed by atoms with Crippen molar-refractivity contribution in [3.63, 3.8) is 0 Å². The lowest BCUT2D eigenvalue weighted by atomic mass is 10.1. The monoisotopic (exact) mass is 312 g/mol. The van der Waals surface area contributed by atoms with Gasteiger partial charge in [-0.2, -0.15) is 0 Å². The van der Waals surface area contributed by atoms with Crippen LogP contribution in [0, 0.1) is 0 Å². The van der Waals surface area contributed by atoms with E-state index in [2.05, 4.69) is 4.98 Å². The van der Waals surface area contributed by atoms with Gasteiger partial charge in [0.05, 0.1) is 5.56 Å². The average molecular weight is 313 g/mol. The van der Waals surface area contributed by atoms with Crippen LogP contribution >= 0.6 is 23.2 Å². The highest BCUT2D eigenvalue weighted by Gasteiger charge is 2.17. The van der Waals surface area contributed by atoms with E-state index in [0.29, 0.717) is 17.0 Å². The first kappa shape index (κ1) is 14.9. The van der Waals surface area contributed by atoms with Gasteiger partial charge in [0.15, 0.2) is 0 Å². The van der Waals surface area contributed by atoms with E-state index in [9.17, 15) is 9.59 Å². The second-order valence-corrected chi connectivity index (χ2v) is 5.37. The number of benzene rings is 1. The number of halogens is 2. The fourth-order valence-corrected chi connectivity index (χ4v) is 2.37. The Morgan fingerprint density at radius 2 is 1.80 bits per heavy atom. The summed E-state index contributed by atoms with van der Waals surface area (Å²) in [6.45, 7) is 3.73. The topological polar surface area (TPSA) is 54.9 Å². The molecule has 0 spiro atoms. The van der Waals surface area contributed by atoms with Gasteiger partial charge in [0.25, 0.3) is 5.56 Å². The van der Waals surface area contributed by atoms with Crippen molar-refractivity contribution in [1.82, 2.24) is 9.55 Å². The van der Waals surface area contributed by atoms with Crippen molar-refractivity contribution in [3.8, 4) is 11.1 Å². The molecule has 1 atom stereocenters. The third-order valence-corrected chi connectivity index (χ3v) is 3.79. The van der Waals surface area contributed by atoms with Crippen molar-refractivity contribution >= 4 is 23.2 Å². The lowest BCUT2D eigenvalue weighted by Crippen LogP contribution is -2.38. The number of hydrogen-bond acceptors (Lipinski definition) is 2. The molecule has 0 radical (unpaired) electrons. The second kappa shape index (κ2) is 5.85. The third kappa shape index (κ3) is 2.67. The van der Waals surface area contributed by atoms with E-state index in [-0.39, 0.29) is 16.8 Å². The molecule has 0 aliphatic heterocycles. The summed E-state index contributed by atoms with van der Waals surface area (Å²) in [5.41, 5.74) is 0.0171. The molecule has 106 valence electrons. The SMILES string of the molecule is CCC(C)n1c(=O)[nH]c(Cl)c(-c2ccc(Cl)cc2)c1=O. The van der Waals surface area contributed by atoms with Crippen molar-refractivity contribution in [2.24, 2.45) is 0 Å². The molecule has 0 saturated heterocycles. The summed E-state index contributed by atoms with van der Waals surface area (Å²) in [6.07, 6.45) is 0.671. The van der Waals surface area contributed by atoms with E-state index in [1.165, 1.54) is 4.57 Å². The standard InChI is InChI=1S/C14H14Cl2N2O2/c1-3-8(2)18-13(19)11(12(16)17-14(18)20)9-4-6-10(15)7-5-9/h4-8H,3H2,1-2H3,(H,17,20). The second-order valence-electron chi connectivity index (χ2n) is 4.56. The van der Waals surface area contributed by atoms with Crippen LogP contribution in [0.1, 0.15) is 26.3 Å². The predicted octanol–water partition coefficient (Wildman–Crippen LogP) is 3.48. The van der Waals surface area contributed by atoms with Crippen molar-refractivity contribution < 1.29 is 0 Å². The number of nitrogens with zero attached hydrogens (tertiary/aromatic N) is 1. The minimum Gasteiger partial charge on any atom is -0.297 e. The maximum Gasteiger partial charge on any atom is 0.329 e. The Labute approximate surface area is 126 Å². The lowest BCUT2D eigenvalue weighted by molar-refractivity contribution is 0.491. The molecule has 6 heteroatoms. The molecule has 2 rings (SSSR count).